The molecule has 0 saturated carbocycles. The number of hydrogen-bond acceptors (Lipinski definition) is 4. The average molecular weight is 282 g/mol. The van der Waals surface area contributed by atoms with Gasteiger partial charge in [0.1, 0.15) is 6.04 Å². The smallest absolute Gasteiger partial charge is 0.326 e. The van der Waals surface area contributed by atoms with Crippen molar-refractivity contribution in [3.63, 3.8) is 0 Å². The van der Waals surface area contributed by atoms with E-state index < -0.39 is 17.9 Å². The Kier molecular flexibility index (Phi) is 5.73. The summed E-state index contributed by atoms with van der Waals surface area (Å²) in [5.41, 5.74) is 0.702. The van der Waals surface area contributed by atoms with Crippen LogP contribution in [0, 0.1) is 5.92 Å². The Morgan fingerprint density at radius 1 is 1.35 bits per heavy atom. The third-order valence-corrected chi connectivity index (χ3v) is 3.64. The molecule has 0 radical (unpaired) electrons. The van der Waals surface area contributed by atoms with Crippen molar-refractivity contribution < 1.29 is 19.2 Å². The molecule has 1 amide bonds. The van der Waals surface area contributed by atoms with Gasteiger partial charge in [-0.25, -0.2) is 4.79 Å². The van der Waals surface area contributed by atoms with Crippen LogP contribution < -0.4 is 5.32 Å². The fraction of sp³-hybridized carbons (Fsp3) is 0.643. The second-order valence-corrected chi connectivity index (χ2v) is 5.10. The van der Waals surface area contributed by atoms with Crippen molar-refractivity contribution in [3.8, 4) is 0 Å². The highest BCUT2D eigenvalue weighted by Gasteiger charge is 2.27. The molecular formula is C14H22N2O4. The Morgan fingerprint density at radius 2 is 2.00 bits per heavy atom. The van der Waals surface area contributed by atoms with E-state index in [1.165, 1.54) is 0 Å². The number of carboxylic acids is 1. The predicted octanol–water partition coefficient (Wildman–Crippen LogP) is 2.42. The molecule has 1 rings (SSSR count). The number of amides is 1. The van der Waals surface area contributed by atoms with Gasteiger partial charge in [-0.15, -0.1) is 0 Å². The molecule has 0 saturated heterocycles. The lowest BCUT2D eigenvalue weighted by Crippen LogP contribution is -2.44. The van der Waals surface area contributed by atoms with E-state index in [9.17, 15) is 9.59 Å². The van der Waals surface area contributed by atoms with Gasteiger partial charge in [0.15, 0.2) is 0 Å². The van der Waals surface area contributed by atoms with E-state index in [0.717, 1.165) is 6.42 Å². The first-order chi connectivity index (χ1) is 9.40. The second-order valence-electron chi connectivity index (χ2n) is 5.10. The molecular weight excluding hydrogens is 260 g/mol. The number of hydrogen-bond donors (Lipinski definition) is 2. The molecule has 6 nitrogen and oxygen atoms in total. The second kappa shape index (κ2) is 7.07. The van der Waals surface area contributed by atoms with Gasteiger partial charge in [0.2, 0.25) is 5.76 Å². The van der Waals surface area contributed by atoms with Crippen molar-refractivity contribution in [1.82, 2.24) is 10.5 Å². The Bertz CT molecular complexity index is 469. The Hall–Kier alpha value is -1.85. The number of rotatable bonds is 7. The zero-order chi connectivity index (χ0) is 15.3. The first-order valence-corrected chi connectivity index (χ1v) is 6.90. The first-order valence-electron chi connectivity index (χ1n) is 6.90. The van der Waals surface area contributed by atoms with Gasteiger partial charge >= 0.3 is 5.97 Å². The molecule has 0 aliphatic rings. The van der Waals surface area contributed by atoms with Crippen LogP contribution >= 0.6 is 0 Å². The minimum absolute atomic E-state index is 0.0508. The van der Waals surface area contributed by atoms with Crippen LogP contribution in [0.15, 0.2) is 10.6 Å². The summed E-state index contributed by atoms with van der Waals surface area (Å²) in [7, 11) is 0. The fourth-order valence-corrected chi connectivity index (χ4v) is 1.73. The summed E-state index contributed by atoms with van der Waals surface area (Å²) in [5.74, 6) is -1.50. The Labute approximate surface area is 118 Å². The maximum absolute atomic E-state index is 12.0. The first kappa shape index (κ1) is 16.2. The summed E-state index contributed by atoms with van der Waals surface area (Å²) >= 11 is 0. The van der Waals surface area contributed by atoms with Crippen LogP contribution in [0.4, 0.5) is 0 Å². The van der Waals surface area contributed by atoms with Crippen LogP contribution in [0.5, 0.6) is 0 Å². The number of aromatic nitrogens is 1. The summed E-state index contributed by atoms with van der Waals surface area (Å²) < 4.78 is 4.99. The number of nitrogens with zero attached hydrogens (tertiary/aromatic N) is 1. The molecule has 0 unspecified atom stereocenters. The summed E-state index contributed by atoms with van der Waals surface area (Å²) in [6, 6.07) is 0.642. The zero-order valence-electron chi connectivity index (χ0n) is 12.3. The quantitative estimate of drug-likeness (QED) is 0.801. The highest BCUT2D eigenvalue weighted by Crippen LogP contribution is 2.18. The van der Waals surface area contributed by atoms with Crippen LogP contribution in [-0.2, 0) is 4.79 Å². The molecule has 1 aromatic heterocycles. The van der Waals surface area contributed by atoms with Crippen LogP contribution in [-0.4, -0.2) is 28.2 Å². The third-order valence-electron chi connectivity index (χ3n) is 3.64. The average Bonchev–Trinajstić information content (AvgIpc) is 2.92. The molecule has 1 aromatic rings. The number of carboxylic acid groups (broad SMARTS) is 1. The molecule has 0 aromatic carbocycles. The summed E-state index contributed by atoms with van der Waals surface area (Å²) in [4.78, 5) is 23.2. The predicted molar refractivity (Wildman–Crippen MR) is 73.6 cm³/mol. The molecule has 0 bridgehead atoms. The standard InChI is InChI=1S/C14H22N2O4/c1-5-8(3)10-7-11(20-16-10)13(17)15-12(14(18)19)9(4)6-2/h7-9,12H,5-6H2,1-4H3,(H,15,17)(H,18,19)/t8-,9-,12-/m0/s1. The van der Waals surface area contributed by atoms with Crippen molar-refractivity contribution in [3.05, 3.63) is 17.5 Å². The lowest BCUT2D eigenvalue weighted by molar-refractivity contribution is -0.140. The van der Waals surface area contributed by atoms with Gasteiger partial charge in [0.05, 0.1) is 5.69 Å². The third kappa shape index (κ3) is 3.82. The number of carbonyl (C=O) groups is 2. The largest absolute Gasteiger partial charge is 0.480 e. The molecule has 2 N–H and O–H groups in total. The van der Waals surface area contributed by atoms with Crippen molar-refractivity contribution in [1.29, 1.82) is 0 Å². The lowest BCUT2D eigenvalue weighted by atomic mass is 9.99. The topological polar surface area (TPSA) is 92.4 Å². The van der Waals surface area contributed by atoms with E-state index >= 15 is 0 Å². The monoisotopic (exact) mass is 282 g/mol. The summed E-state index contributed by atoms with van der Waals surface area (Å²) in [6.45, 7) is 7.66. The van der Waals surface area contributed by atoms with E-state index in [4.69, 9.17) is 9.63 Å². The molecule has 1 heterocycles. The SMILES string of the molecule is CC[C@H](C)c1cc(C(=O)N[C@H](C(=O)O)[C@@H](C)CC)on1. The maximum atomic E-state index is 12.0. The summed E-state index contributed by atoms with van der Waals surface area (Å²) in [6.07, 6.45) is 1.55. The molecule has 0 spiro atoms. The molecule has 20 heavy (non-hydrogen) atoms. The Morgan fingerprint density at radius 3 is 2.50 bits per heavy atom. The number of aliphatic carboxylic acids is 1. The highest BCUT2D eigenvalue weighted by molar-refractivity contribution is 5.94. The van der Waals surface area contributed by atoms with Crippen LogP contribution in [0.25, 0.3) is 0 Å². The summed E-state index contributed by atoms with van der Waals surface area (Å²) in [5, 5.41) is 15.5. The van der Waals surface area contributed by atoms with Crippen molar-refractivity contribution >= 4 is 11.9 Å². The van der Waals surface area contributed by atoms with Crippen molar-refractivity contribution in [2.24, 2.45) is 5.92 Å². The van der Waals surface area contributed by atoms with Gasteiger partial charge in [0, 0.05) is 12.0 Å². The molecule has 0 aliphatic heterocycles. The highest BCUT2D eigenvalue weighted by atomic mass is 16.5. The normalized spacial score (nSPS) is 15.4. The van der Waals surface area contributed by atoms with E-state index in [-0.39, 0.29) is 17.6 Å². The molecule has 3 atom stereocenters. The lowest BCUT2D eigenvalue weighted by Gasteiger charge is -2.19. The molecule has 0 fully saturated rings. The maximum Gasteiger partial charge on any atom is 0.326 e. The van der Waals surface area contributed by atoms with E-state index in [0.29, 0.717) is 12.1 Å². The van der Waals surface area contributed by atoms with Gasteiger partial charge in [-0.1, -0.05) is 39.3 Å². The van der Waals surface area contributed by atoms with Crippen LogP contribution in [0.2, 0.25) is 0 Å². The van der Waals surface area contributed by atoms with Crippen molar-refractivity contribution in [2.75, 3.05) is 0 Å². The molecule has 112 valence electrons. The van der Waals surface area contributed by atoms with Gasteiger partial charge in [-0.05, 0) is 12.3 Å². The van der Waals surface area contributed by atoms with E-state index in [1.54, 1.807) is 13.0 Å². The van der Waals surface area contributed by atoms with E-state index in [2.05, 4.69) is 10.5 Å². The van der Waals surface area contributed by atoms with Crippen molar-refractivity contribution in [2.45, 2.75) is 52.5 Å². The van der Waals surface area contributed by atoms with Gasteiger partial charge in [-0.2, -0.15) is 0 Å². The van der Waals surface area contributed by atoms with E-state index in [1.807, 2.05) is 20.8 Å². The number of carbonyl (C=O) groups excluding carboxylic acids is 1. The van der Waals surface area contributed by atoms with Crippen LogP contribution in [0.3, 0.4) is 0 Å². The minimum atomic E-state index is -1.05. The van der Waals surface area contributed by atoms with Crippen LogP contribution in [0.1, 0.15) is 62.7 Å². The van der Waals surface area contributed by atoms with Gasteiger partial charge < -0.3 is 14.9 Å². The van der Waals surface area contributed by atoms with Gasteiger partial charge in [0.25, 0.3) is 5.91 Å². The number of nitrogens with one attached hydrogen (secondary N) is 1. The zero-order valence-corrected chi connectivity index (χ0v) is 12.3. The minimum Gasteiger partial charge on any atom is -0.480 e. The Balaban J connectivity index is 2.79. The van der Waals surface area contributed by atoms with Gasteiger partial charge in [-0.3, -0.25) is 4.79 Å². The molecule has 0 aliphatic carbocycles. The fourth-order valence-electron chi connectivity index (χ4n) is 1.73. The molecule has 6 heteroatoms.